The summed E-state index contributed by atoms with van der Waals surface area (Å²) in [6.07, 6.45) is 0. The summed E-state index contributed by atoms with van der Waals surface area (Å²) in [5.74, 6) is 0. The normalized spacial score (nSPS) is 11.5. The van der Waals surface area contributed by atoms with Gasteiger partial charge in [0.1, 0.15) is 0 Å². The van der Waals surface area contributed by atoms with Gasteiger partial charge in [0.2, 0.25) is 10.0 Å². The van der Waals surface area contributed by atoms with Crippen molar-refractivity contribution in [3.05, 3.63) is 18.2 Å². The Morgan fingerprint density at radius 3 is 2.58 bits per heavy atom. The number of hydrogen-bond donors (Lipinski definition) is 2. The summed E-state index contributed by atoms with van der Waals surface area (Å²) >= 11 is 0. The Hall–Kier alpha value is -1.31. The first-order chi connectivity index (χ1) is 8.96. The van der Waals surface area contributed by atoms with Gasteiger partial charge in [-0.05, 0) is 32.2 Å². The topological polar surface area (TPSA) is 84.7 Å². The van der Waals surface area contributed by atoms with Gasteiger partial charge in [-0.15, -0.1) is 0 Å². The zero-order chi connectivity index (χ0) is 14.5. The first-order valence-corrected chi connectivity index (χ1v) is 7.51. The molecule has 6 nitrogen and oxygen atoms in total. The number of sulfonamides is 1. The number of ether oxygens (including phenoxy) is 1. The van der Waals surface area contributed by atoms with Gasteiger partial charge in [-0.2, -0.15) is 0 Å². The lowest BCUT2D eigenvalue weighted by Gasteiger charge is -2.24. The molecule has 0 bridgehead atoms. The van der Waals surface area contributed by atoms with Crippen LogP contribution < -0.4 is 15.4 Å². The Balaban J connectivity index is 3.06. The smallest absolute Gasteiger partial charge is 0.240 e. The Bertz CT molecular complexity index is 517. The third kappa shape index (κ3) is 3.82. The number of nitrogens with zero attached hydrogens (tertiary/aromatic N) is 1. The molecule has 0 spiro atoms. The van der Waals surface area contributed by atoms with Crippen molar-refractivity contribution in [2.24, 2.45) is 0 Å². The molecule has 0 atom stereocenters. The molecule has 0 aromatic heterocycles. The van der Waals surface area contributed by atoms with Gasteiger partial charge in [0.15, 0.2) is 0 Å². The van der Waals surface area contributed by atoms with Crippen LogP contribution in [-0.4, -0.2) is 42.3 Å². The zero-order valence-electron chi connectivity index (χ0n) is 11.5. The maximum atomic E-state index is 11.7. The van der Waals surface area contributed by atoms with Crippen LogP contribution in [0.4, 0.5) is 11.4 Å². The lowest BCUT2D eigenvalue weighted by molar-refractivity contribution is 0.205. The van der Waals surface area contributed by atoms with Gasteiger partial charge in [0.05, 0.1) is 22.9 Å². The number of hydrogen-bond acceptors (Lipinski definition) is 5. The Labute approximate surface area is 114 Å². The number of methoxy groups -OCH3 is 1. The summed E-state index contributed by atoms with van der Waals surface area (Å²) in [4.78, 5) is 2.20. The number of nitrogen functional groups attached to an aromatic ring is 1. The summed E-state index contributed by atoms with van der Waals surface area (Å²) in [5.41, 5.74) is 7.20. The van der Waals surface area contributed by atoms with Crippen molar-refractivity contribution in [2.75, 3.05) is 44.5 Å². The van der Waals surface area contributed by atoms with E-state index >= 15 is 0 Å². The molecule has 3 N–H and O–H groups in total. The Kier molecular flexibility index (Phi) is 5.59. The standard InChI is InChI=1S/C12H21N3O3S/c1-4-15(7-8-18-3)12-6-5-10(9-11(12)13)19(16,17)14-2/h5-6,9,14H,4,7-8,13H2,1-3H3. The minimum atomic E-state index is -3.46. The Morgan fingerprint density at radius 1 is 1.42 bits per heavy atom. The third-order valence-corrected chi connectivity index (χ3v) is 4.28. The van der Waals surface area contributed by atoms with E-state index in [0.717, 1.165) is 12.2 Å². The Morgan fingerprint density at radius 2 is 2.11 bits per heavy atom. The largest absolute Gasteiger partial charge is 0.397 e. The lowest BCUT2D eigenvalue weighted by atomic mass is 10.2. The maximum absolute atomic E-state index is 11.7. The summed E-state index contributed by atoms with van der Waals surface area (Å²) in [6.45, 7) is 4.07. The van der Waals surface area contributed by atoms with E-state index in [9.17, 15) is 8.42 Å². The van der Waals surface area contributed by atoms with Crippen LogP contribution in [-0.2, 0) is 14.8 Å². The van der Waals surface area contributed by atoms with E-state index < -0.39 is 10.0 Å². The fourth-order valence-corrected chi connectivity index (χ4v) is 2.52. The fraction of sp³-hybridized carbons (Fsp3) is 0.500. The summed E-state index contributed by atoms with van der Waals surface area (Å²) < 4.78 is 30.7. The number of nitrogens with two attached hydrogens (primary N) is 1. The van der Waals surface area contributed by atoms with E-state index in [1.165, 1.54) is 13.1 Å². The number of likely N-dealkylation sites (N-methyl/N-ethyl adjacent to an activating group) is 1. The third-order valence-electron chi connectivity index (χ3n) is 2.87. The molecule has 0 saturated heterocycles. The van der Waals surface area contributed by atoms with Gasteiger partial charge >= 0.3 is 0 Å². The number of anilines is 2. The molecule has 1 rings (SSSR count). The van der Waals surface area contributed by atoms with E-state index in [1.807, 2.05) is 11.8 Å². The number of nitrogens with one attached hydrogen (secondary N) is 1. The molecular weight excluding hydrogens is 266 g/mol. The van der Waals surface area contributed by atoms with Crippen molar-refractivity contribution in [1.29, 1.82) is 0 Å². The number of rotatable bonds is 7. The molecule has 0 heterocycles. The van der Waals surface area contributed by atoms with Crippen LogP contribution in [0.2, 0.25) is 0 Å². The van der Waals surface area contributed by atoms with Crippen LogP contribution in [0.1, 0.15) is 6.92 Å². The SMILES string of the molecule is CCN(CCOC)c1ccc(S(=O)(=O)NC)cc1N. The van der Waals surface area contributed by atoms with E-state index in [1.54, 1.807) is 19.2 Å². The highest BCUT2D eigenvalue weighted by atomic mass is 32.2. The van der Waals surface area contributed by atoms with E-state index in [-0.39, 0.29) is 4.90 Å². The van der Waals surface area contributed by atoms with Crippen LogP contribution >= 0.6 is 0 Å². The first kappa shape index (κ1) is 15.7. The molecule has 0 radical (unpaired) electrons. The first-order valence-electron chi connectivity index (χ1n) is 6.03. The maximum Gasteiger partial charge on any atom is 0.240 e. The van der Waals surface area contributed by atoms with Crippen molar-refractivity contribution in [2.45, 2.75) is 11.8 Å². The minimum absolute atomic E-state index is 0.166. The molecule has 108 valence electrons. The second-order valence-electron chi connectivity index (χ2n) is 4.00. The predicted molar refractivity (Wildman–Crippen MR) is 76.9 cm³/mol. The van der Waals surface area contributed by atoms with Gasteiger partial charge in [-0.25, -0.2) is 13.1 Å². The van der Waals surface area contributed by atoms with Crippen LogP contribution in [0.25, 0.3) is 0 Å². The second kappa shape index (κ2) is 6.74. The molecule has 0 aliphatic rings. The minimum Gasteiger partial charge on any atom is -0.397 e. The highest BCUT2D eigenvalue weighted by molar-refractivity contribution is 7.89. The fourth-order valence-electron chi connectivity index (χ4n) is 1.76. The van der Waals surface area contributed by atoms with Crippen LogP contribution in [0.3, 0.4) is 0 Å². The highest BCUT2D eigenvalue weighted by Crippen LogP contribution is 2.26. The molecular formula is C12H21N3O3S. The average molecular weight is 287 g/mol. The predicted octanol–water partition coefficient (Wildman–Crippen LogP) is 0.650. The van der Waals surface area contributed by atoms with Crippen molar-refractivity contribution < 1.29 is 13.2 Å². The van der Waals surface area contributed by atoms with Crippen LogP contribution in [0.15, 0.2) is 23.1 Å². The van der Waals surface area contributed by atoms with Crippen molar-refractivity contribution in [3.63, 3.8) is 0 Å². The molecule has 1 aromatic carbocycles. The quantitative estimate of drug-likeness (QED) is 0.719. The highest BCUT2D eigenvalue weighted by Gasteiger charge is 2.15. The average Bonchev–Trinajstić information content (AvgIpc) is 2.40. The molecule has 0 unspecified atom stereocenters. The van der Waals surface area contributed by atoms with Gasteiger partial charge in [0.25, 0.3) is 0 Å². The monoisotopic (exact) mass is 287 g/mol. The van der Waals surface area contributed by atoms with Crippen molar-refractivity contribution in [3.8, 4) is 0 Å². The molecule has 0 fully saturated rings. The summed E-state index contributed by atoms with van der Waals surface area (Å²) in [7, 11) is -0.450. The number of benzene rings is 1. The van der Waals surface area contributed by atoms with Crippen LogP contribution in [0.5, 0.6) is 0 Å². The molecule has 19 heavy (non-hydrogen) atoms. The molecule has 0 amide bonds. The zero-order valence-corrected chi connectivity index (χ0v) is 12.3. The lowest BCUT2D eigenvalue weighted by Crippen LogP contribution is -2.28. The van der Waals surface area contributed by atoms with Crippen LogP contribution in [0, 0.1) is 0 Å². The van der Waals surface area contributed by atoms with E-state index in [4.69, 9.17) is 10.5 Å². The second-order valence-corrected chi connectivity index (χ2v) is 5.89. The molecule has 0 aliphatic carbocycles. The molecule has 0 saturated carbocycles. The summed E-state index contributed by atoms with van der Waals surface area (Å²) in [6, 6.07) is 4.74. The van der Waals surface area contributed by atoms with Crippen molar-refractivity contribution >= 4 is 21.4 Å². The van der Waals surface area contributed by atoms with Gasteiger partial charge in [-0.1, -0.05) is 0 Å². The van der Waals surface area contributed by atoms with Gasteiger partial charge < -0.3 is 15.4 Å². The molecule has 7 heteroatoms. The molecule has 1 aromatic rings. The molecule has 0 aliphatic heterocycles. The summed E-state index contributed by atoms with van der Waals surface area (Å²) in [5, 5.41) is 0. The van der Waals surface area contributed by atoms with Gasteiger partial charge in [0, 0.05) is 20.2 Å². The van der Waals surface area contributed by atoms with E-state index in [0.29, 0.717) is 18.8 Å². The van der Waals surface area contributed by atoms with Gasteiger partial charge in [-0.3, -0.25) is 0 Å². The van der Waals surface area contributed by atoms with Crippen molar-refractivity contribution in [1.82, 2.24) is 4.72 Å². The van der Waals surface area contributed by atoms with E-state index in [2.05, 4.69) is 4.72 Å².